The minimum atomic E-state index is -0.282. The number of esters is 1. The number of nitrogens with zero attached hydrogens (tertiary/aromatic N) is 3. The van der Waals surface area contributed by atoms with Gasteiger partial charge >= 0.3 is 5.97 Å². The minimum absolute atomic E-state index is 0.116. The number of carbonyl (C=O) groups excluding carboxylic acids is 1. The molecule has 0 unspecified atom stereocenters. The van der Waals surface area contributed by atoms with E-state index >= 15 is 0 Å². The van der Waals surface area contributed by atoms with Gasteiger partial charge in [0.05, 0.1) is 0 Å². The van der Waals surface area contributed by atoms with Crippen LogP contribution in [-0.4, -0.2) is 32.7 Å². The number of hydrogen-bond donors (Lipinski definition) is 1. The van der Waals surface area contributed by atoms with Crippen LogP contribution in [0.3, 0.4) is 0 Å². The van der Waals surface area contributed by atoms with Crippen molar-refractivity contribution in [1.82, 2.24) is 15.0 Å². The van der Waals surface area contributed by atoms with E-state index in [0.29, 0.717) is 18.5 Å². The molecule has 5 rings (SSSR count). The van der Waals surface area contributed by atoms with E-state index in [9.17, 15) is 9.90 Å². The molecular formula is C33H29N3O3. The van der Waals surface area contributed by atoms with Gasteiger partial charge in [0.2, 0.25) is 0 Å². The molecule has 6 heteroatoms. The maximum absolute atomic E-state index is 12.4. The molecule has 0 saturated heterocycles. The molecule has 0 fully saturated rings. The van der Waals surface area contributed by atoms with E-state index in [2.05, 4.69) is 10.2 Å². The van der Waals surface area contributed by atoms with E-state index in [4.69, 9.17) is 4.74 Å². The summed E-state index contributed by atoms with van der Waals surface area (Å²) in [5.74, 6) is -0.166. The summed E-state index contributed by atoms with van der Waals surface area (Å²) >= 11 is 0. The predicted molar refractivity (Wildman–Crippen MR) is 154 cm³/mol. The fourth-order valence-corrected chi connectivity index (χ4v) is 4.26. The Morgan fingerprint density at radius 1 is 0.795 bits per heavy atom. The van der Waals surface area contributed by atoms with Crippen molar-refractivity contribution in [3.8, 4) is 11.4 Å². The number of rotatable bonds is 10. The van der Waals surface area contributed by atoms with Crippen molar-refractivity contribution in [3.63, 3.8) is 0 Å². The summed E-state index contributed by atoms with van der Waals surface area (Å²) in [6, 6.07) is 31.2. The molecule has 0 spiro atoms. The van der Waals surface area contributed by atoms with E-state index in [0.717, 1.165) is 33.3 Å². The molecule has 5 aromatic rings. The van der Waals surface area contributed by atoms with Crippen LogP contribution in [0.2, 0.25) is 0 Å². The number of aromatic hydroxyl groups is 1. The summed E-state index contributed by atoms with van der Waals surface area (Å²) in [5, 5.41) is 20.3. The number of fused-ring (bicyclic) bond motifs is 1. The van der Waals surface area contributed by atoms with E-state index in [1.807, 2.05) is 121 Å². The summed E-state index contributed by atoms with van der Waals surface area (Å²) in [5.41, 5.74) is 5.71. The van der Waals surface area contributed by atoms with Crippen molar-refractivity contribution in [2.75, 3.05) is 6.61 Å². The van der Waals surface area contributed by atoms with Gasteiger partial charge in [0, 0.05) is 12.0 Å². The third-order valence-electron chi connectivity index (χ3n) is 6.25. The third-order valence-corrected chi connectivity index (χ3v) is 6.25. The van der Waals surface area contributed by atoms with E-state index < -0.39 is 0 Å². The van der Waals surface area contributed by atoms with Crippen LogP contribution in [0.15, 0.2) is 109 Å². The molecule has 4 aromatic carbocycles. The van der Waals surface area contributed by atoms with Crippen molar-refractivity contribution >= 4 is 29.2 Å². The summed E-state index contributed by atoms with van der Waals surface area (Å²) < 4.78 is 5.39. The SMILES string of the molecule is O=C(CCc1cc(C/C=C/c2ccccc2)c(O)c(-n2nc3ccccc3n2)c1)OC/C=C/c1ccccc1. The van der Waals surface area contributed by atoms with Gasteiger partial charge in [-0.05, 0) is 53.8 Å². The quantitative estimate of drug-likeness (QED) is 0.213. The molecule has 0 aliphatic heterocycles. The highest BCUT2D eigenvalue weighted by Crippen LogP contribution is 2.29. The van der Waals surface area contributed by atoms with Crippen LogP contribution in [0.5, 0.6) is 5.75 Å². The summed E-state index contributed by atoms with van der Waals surface area (Å²) in [6.45, 7) is 0.216. The molecule has 0 aliphatic carbocycles. The zero-order valence-corrected chi connectivity index (χ0v) is 21.5. The lowest BCUT2D eigenvalue weighted by Gasteiger charge is -2.12. The molecule has 6 nitrogen and oxygen atoms in total. The number of aryl methyl sites for hydroxylation is 1. The predicted octanol–water partition coefficient (Wildman–Crippen LogP) is 6.57. The second-order valence-corrected chi connectivity index (χ2v) is 9.11. The second-order valence-electron chi connectivity index (χ2n) is 9.11. The molecule has 1 N–H and O–H groups in total. The molecule has 0 atom stereocenters. The average Bonchev–Trinajstić information content (AvgIpc) is 3.41. The van der Waals surface area contributed by atoms with Crippen LogP contribution in [-0.2, 0) is 22.4 Å². The Labute approximate surface area is 227 Å². The van der Waals surface area contributed by atoms with Gasteiger partial charge in [-0.15, -0.1) is 15.0 Å². The van der Waals surface area contributed by atoms with Gasteiger partial charge in [-0.1, -0.05) is 97.1 Å². The minimum Gasteiger partial charge on any atom is -0.505 e. The number of carbonyl (C=O) groups is 1. The van der Waals surface area contributed by atoms with Crippen LogP contribution < -0.4 is 0 Å². The first-order valence-electron chi connectivity index (χ1n) is 12.9. The molecule has 0 amide bonds. The van der Waals surface area contributed by atoms with Gasteiger partial charge in [-0.3, -0.25) is 4.79 Å². The van der Waals surface area contributed by atoms with Gasteiger partial charge < -0.3 is 9.84 Å². The fourth-order valence-electron chi connectivity index (χ4n) is 4.26. The first-order valence-corrected chi connectivity index (χ1v) is 12.9. The maximum Gasteiger partial charge on any atom is 0.306 e. The topological polar surface area (TPSA) is 77.2 Å². The first kappa shape index (κ1) is 25.7. The number of ether oxygens (including phenoxy) is 1. The Balaban J connectivity index is 1.32. The molecule has 0 aliphatic rings. The average molecular weight is 516 g/mol. The van der Waals surface area contributed by atoms with Crippen molar-refractivity contribution in [3.05, 3.63) is 131 Å². The summed E-state index contributed by atoms with van der Waals surface area (Å²) in [4.78, 5) is 13.9. The lowest BCUT2D eigenvalue weighted by Crippen LogP contribution is -2.07. The highest BCUT2D eigenvalue weighted by Gasteiger charge is 2.15. The Kier molecular flexibility index (Phi) is 8.24. The van der Waals surface area contributed by atoms with E-state index in [1.54, 1.807) is 0 Å². The van der Waals surface area contributed by atoms with Gasteiger partial charge in [0.15, 0.2) is 0 Å². The third kappa shape index (κ3) is 6.87. The smallest absolute Gasteiger partial charge is 0.306 e. The Morgan fingerprint density at radius 2 is 1.38 bits per heavy atom. The zero-order chi connectivity index (χ0) is 26.9. The molecule has 0 radical (unpaired) electrons. The molecule has 1 aromatic heterocycles. The lowest BCUT2D eigenvalue weighted by molar-refractivity contribution is -0.142. The first-order chi connectivity index (χ1) is 19.2. The van der Waals surface area contributed by atoms with E-state index in [1.165, 1.54) is 4.80 Å². The van der Waals surface area contributed by atoms with Crippen molar-refractivity contribution in [2.24, 2.45) is 0 Å². The molecule has 194 valence electrons. The van der Waals surface area contributed by atoms with Gasteiger partial charge in [0.25, 0.3) is 0 Å². The summed E-state index contributed by atoms with van der Waals surface area (Å²) in [6.07, 6.45) is 8.98. The van der Waals surface area contributed by atoms with Crippen LogP contribution >= 0.6 is 0 Å². The number of phenolic OH excluding ortho intramolecular Hbond substituents is 1. The standard InChI is InChI=1S/C33H29N3O3/c37-32(39-22-10-16-26-13-5-2-6-14-26)21-20-27-23-28(17-9-15-25-11-3-1-4-12-25)33(38)31(24-27)36-34-29-18-7-8-19-30(29)35-36/h1-16,18-19,23-24,38H,17,20-22H2/b15-9+,16-10+. The Morgan fingerprint density at radius 3 is 2.03 bits per heavy atom. The van der Waals surface area contributed by atoms with Crippen molar-refractivity contribution in [1.29, 1.82) is 0 Å². The maximum atomic E-state index is 12.4. The van der Waals surface area contributed by atoms with Gasteiger partial charge in [-0.25, -0.2) is 0 Å². The van der Waals surface area contributed by atoms with Crippen LogP contribution in [0.4, 0.5) is 0 Å². The molecular weight excluding hydrogens is 486 g/mol. The lowest BCUT2D eigenvalue weighted by atomic mass is 10.0. The van der Waals surface area contributed by atoms with Crippen LogP contribution in [0, 0.1) is 0 Å². The number of hydrogen-bond acceptors (Lipinski definition) is 5. The molecule has 39 heavy (non-hydrogen) atoms. The number of allylic oxidation sites excluding steroid dienone is 1. The molecule has 1 heterocycles. The molecule has 0 saturated carbocycles. The Bertz CT molecular complexity index is 1570. The van der Waals surface area contributed by atoms with Crippen molar-refractivity contribution in [2.45, 2.75) is 19.3 Å². The van der Waals surface area contributed by atoms with E-state index in [-0.39, 0.29) is 24.7 Å². The van der Waals surface area contributed by atoms with Crippen molar-refractivity contribution < 1.29 is 14.6 Å². The number of phenols is 1. The second kappa shape index (κ2) is 12.5. The van der Waals surface area contributed by atoms with Gasteiger partial charge in [-0.2, -0.15) is 0 Å². The summed E-state index contributed by atoms with van der Waals surface area (Å²) in [7, 11) is 0. The normalized spacial score (nSPS) is 11.5. The highest BCUT2D eigenvalue weighted by atomic mass is 16.5. The van der Waals surface area contributed by atoms with Crippen LogP contribution in [0.1, 0.15) is 28.7 Å². The highest BCUT2D eigenvalue weighted by molar-refractivity contribution is 5.74. The fraction of sp³-hybridized carbons (Fsp3) is 0.121. The number of benzene rings is 4. The zero-order valence-electron chi connectivity index (χ0n) is 21.5. The molecule has 0 bridgehead atoms. The largest absolute Gasteiger partial charge is 0.505 e. The Hall–Kier alpha value is -4.97. The number of aromatic nitrogens is 3. The monoisotopic (exact) mass is 515 g/mol. The van der Waals surface area contributed by atoms with Crippen LogP contribution in [0.25, 0.3) is 28.9 Å². The van der Waals surface area contributed by atoms with Gasteiger partial charge in [0.1, 0.15) is 29.1 Å².